The number of fused-ring (bicyclic) bond motifs is 1. The summed E-state index contributed by atoms with van der Waals surface area (Å²) in [7, 11) is 1.48. The van der Waals surface area contributed by atoms with Gasteiger partial charge in [0.15, 0.2) is 17.2 Å². The molecular formula is C25H26N4O6. The van der Waals surface area contributed by atoms with Crippen molar-refractivity contribution < 1.29 is 19.0 Å². The Hall–Kier alpha value is -4.31. The fourth-order valence-corrected chi connectivity index (χ4v) is 3.70. The Morgan fingerprint density at radius 2 is 1.89 bits per heavy atom. The molecule has 0 radical (unpaired) electrons. The molecule has 0 bridgehead atoms. The second-order valence-corrected chi connectivity index (χ2v) is 7.78. The second kappa shape index (κ2) is 10.7. The molecule has 0 aliphatic carbocycles. The van der Waals surface area contributed by atoms with E-state index in [0.717, 1.165) is 5.56 Å². The Bertz CT molecular complexity index is 1350. The maximum absolute atomic E-state index is 13.2. The van der Waals surface area contributed by atoms with Crippen molar-refractivity contribution in [2.24, 2.45) is 0 Å². The zero-order valence-electron chi connectivity index (χ0n) is 19.2. The standard InChI is InChI=1S/C25H26N4O6/c1-33-12-11-28(21(30)10-8-17-7-9-19-20(15-17)35-14-13-34-19)22-23(26)29(25(32)27-24(22)31)16-18-5-3-2-4-6-18/h2-10,15H,11-14,16,26H2,1H3,(H,27,31,32)/b10-8+. The molecule has 2 heterocycles. The summed E-state index contributed by atoms with van der Waals surface area (Å²) in [4.78, 5) is 42.0. The highest BCUT2D eigenvalue weighted by atomic mass is 16.6. The smallest absolute Gasteiger partial charge is 0.330 e. The molecule has 0 atom stereocenters. The van der Waals surface area contributed by atoms with E-state index in [1.165, 1.54) is 22.7 Å². The fraction of sp³-hybridized carbons (Fsp3) is 0.240. The molecule has 4 rings (SSSR count). The van der Waals surface area contributed by atoms with Gasteiger partial charge in [-0.25, -0.2) is 4.79 Å². The summed E-state index contributed by atoms with van der Waals surface area (Å²) in [5.41, 5.74) is 6.27. The first-order valence-corrected chi connectivity index (χ1v) is 11.0. The number of carbonyl (C=O) groups excluding carboxylic acids is 1. The van der Waals surface area contributed by atoms with Gasteiger partial charge in [0, 0.05) is 19.7 Å². The monoisotopic (exact) mass is 478 g/mol. The molecule has 35 heavy (non-hydrogen) atoms. The van der Waals surface area contributed by atoms with Gasteiger partial charge in [0.1, 0.15) is 19.0 Å². The van der Waals surface area contributed by atoms with Gasteiger partial charge in [0.2, 0.25) is 0 Å². The molecular weight excluding hydrogens is 452 g/mol. The summed E-state index contributed by atoms with van der Waals surface area (Å²) in [6, 6.07) is 14.5. The molecule has 1 amide bonds. The number of rotatable bonds is 8. The summed E-state index contributed by atoms with van der Waals surface area (Å²) in [5, 5.41) is 0. The van der Waals surface area contributed by atoms with Crippen LogP contribution in [0.25, 0.3) is 6.08 Å². The van der Waals surface area contributed by atoms with E-state index in [-0.39, 0.29) is 31.2 Å². The molecule has 3 N–H and O–H groups in total. The molecule has 1 aliphatic heterocycles. The van der Waals surface area contributed by atoms with Gasteiger partial charge in [-0.15, -0.1) is 0 Å². The topological polar surface area (TPSA) is 129 Å². The maximum Gasteiger partial charge on any atom is 0.330 e. The van der Waals surface area contributed by atoms with Crippen LogP contribution >= 0.6 is 0 Å². The number of nitrogen functional groups attached to an aromatic ring is 1. The molecule has 0 saturated carbocycles. The average Bonchev–Trinajstić information content (AvgIpc) is 2.87. The highest BCUT2D eigenvalue weighted by Gasteiger charge is 2.23. The van der Waals surface area contributed by atoms with Gasteiger partial charge in [0.25, 0.3) is 11.5 Å². The van der Waals surface area contributed by atoms with E-state index in [9.17, 15) is 14.4 Å². The molecule has 10 nitrogen and oxygen atoms in total. The number of hydrogen-bond acceptors (Lipinski definition) is 7. The van der Waals surface area contributed by atoms with Crippen LogP contribution in [0.2, 0.25) is 0 Å². The molecule has 182 valence electrons. The number of methoxy groups -OCH3 is 1. The second-order valence-electron chi connectivity index (χ2n) is 7.78. The molecule has 0 spiro atoms. The summed E-state index contributed by atoms with van der Waals surface area (Å²) in [5.74, 6) is 0.621. The molecule has 10 heteroatoms. The molecule has 0 fully saturated rings. The van der Waals surface area contributed by atoms with Crippen molar-refractivity contribution in [3.05, 3.63) is 86.6 Å². The van der Waals surface area contributed by atoms with E-state index in [1.54, 1.807) is 24.3 Å². The Kier molecular flexibility index (Phi) is 7.32. The Labute approximate surface area is 201 Å². The normalized spacial score (nSPS) is 12.6. The number of benzene rings is 2. The van der Waals surface area contributed by atoms with Crippen molar-refractivity contribution in [2.45, 2.75) is 6.54 Å². The minimum Gasteiger partial charge on any atom is -0.486 e. The van der Waals surface area contributed by atoms with Crippen LogP contribution in [0.15, 0.2) is 64.2 Å². The maximum atomic E-state index is 13.2. The number of amides is 1. The largest absolute Gasteiger partial charge is 0.486 e. The highest BCUT2D eigenvalue weighted by Crippen LogP contribution is 2.31. The number of anilines is 2. The van der Waals surface area contributed by atoms with Gasteiger partial charge >= 0.3 is 5.69 Å². The number of nitrogens with two attached hydrogens (primary N) is 1. The summed E-state index contributed by atoms with van der Waals surface area (Å²) < 4.78 is 17.5. The quantitative estimate of drug-likeness (QED) is 0.471. The van der Waals surface area contributed by atoms with Gasteiger partial charge in [0.05, 0.1) is 13.2 Å². The van der Waals surface area contributed by atoms with Crippen LogP contribution in [0, 0.1) is 0 Å². The number of aromatic amines is 1. The molecule has 3 aromatic rings. The van der Waals surface area contributed by atoms with E-state index >= 15 is 0 Å². The van der Waals surface area contributed by atoms with Crippen molar-refractivity contribution in [3.8, 4) is 11.5 Å². The summed E-state index contributed by atoms with van der Waals surface area (Å²) >= 11 is 0. The predicted molar refractivity (Wildman–Crippen MR) is 132 cm³/mol. The fourth-order valence-electron chi connectivity index (χ4n) is 3.70. The number of aromatic nitrogens is 2. The lowest BCUT2D eigenvalue weighted by atomic mass is 10.1. The lowest BCUT2D eigenvalue weighted by Crippen LogP contribution is -2.42. The van der Waals surface area contributed by atoms with E-state index in [1.807, 2.05) is 30.3 Å². The predicted octanol–water partition coefficient (Wildman–Crippen LogP) is 1.63. The first kappa shape index (κ1) is 23.8. The van der Waals surface area contributed by atoms with Crippen LogP contribution in [0.5, 0.6) is 11.5 Å². The van der Waals surface area contributed by atoms with E-state index < -0.39 is 17.2 Å². The first-order chi connectivity index (χ1) is 17.0. The van der Waals surface area contributed by atoms with Crippen LogP contribution in [0.1, 0.15) is 11.1 Å². The SMILES string of the molecule is COCCN(C(=O)/C=C/c1ccc2c(c1)OCCO2)c1c(N)n(Cc2ccccc2)c(=O)[nH]c1=O. The number of ether oxygens (including phenoxy) is 3. The third kappa shape index (κ3) is 5.44. The summed E-state index contributed by atoms with van der Waals surface area (Å²) in [6.07, 6.45) is 2.93. The van der Waals surface area contributed by atoms with E-state index in [2.05, 4.69) is 4.98 Å². The third-order valence-electron chi connectivity index (χ3n) is 5.44. The van der Waals surface area contributed by atoms with Gasteiger partial charge in [-0.1, -0.05) is 36.4 Å². The van der Waals surface area contributed by atoms with Crippen LogP contribution in [-0.4, -0.2) is 48.9 Å². The Morgan fingerprint density at radius 1 is 1.14 bits per heavy atom. The van der Waals surface area contributed by atoms with Crippen LogP contribution in [-0.2, 0) is 16.1 Å². The van der Waals surface area contributed by atoms with Crippen molar-refractivity contribution in [3.63, 3.8) is 0 Å². The molecule has 1 aromatic heterocycles. The zero-order chi connectivity index (χ0) is 24.8. The first-order valence-electron chi connectivity index (χ1n) is 11.0. The van der Waals surface area contributed by atoms with Gasteiger partial charge in [-0.2, -0.15) is 0 Å². The van der Waals surface area contributed by atoms with Gasteiger partial charge in [-0.3, -0.25) is 24.0 Å². The average molecular weight is 479 g/mol. The molecule has 0 unspecified atom stereocenters. The minimum atomic E-state index is -0.756. The highest BCUT2D eigenvalue weighted by molar-refractivity contribution is 6.05. The van der Waals surface area contributed by atoms with E-state index in [4.69, 9.17) is 19.9 Å². The third-order valence-corrected chi connectivity index (χ3v) is 5.44. The summed E-state index contributed by atoms with van der Waals surface area (Å²) in [6.45, 7) is 1.27. The van der Waals surface area contributed by atoms with Crippen molar-refractivity contribution in [1.82, 2.24) is 9.55 Å². The van der Waals surface area contributed by atoms with Gasteiger partial charge < -0.3 is 19.9 Å². The van der Waals surface area contributed by atoms with Gasteiger partial charge in [-0.05, 0) is 29.3 Å². The molecule has 1 aliphatic rings. The van der Waals surface area contributed by atoms with Crippen LogP contribution in [0.4, 0.5) is 11.5 Å². The van der Waals surface area contributed by atoms with Crippen molar-refractivity contribution in [1.29, 1.82) is 0 Å². The van der Waals surface area contributed by atoms with Crippen molar-refractivity contribution in [2.75, 3.05) is 44.1 Å². The van der Waals surface area contributed by atoms with Crippen LogP contribution < -0.4 is 31.4 Å². The van der Waals surface area contributed by atoms with Crippen LogP contribution in [0.3, 0.4) is 0 Å². The number of nitrogens with zero attached hydrogens (tertiary/aromatic N) is 2. The van der Waals surface area contributed by atoms with E-state index in [0.29, 0.717) is 30.3 Å². The Balaban J connectivity index is 1.66. The lowest BCUT2D eigenvalue weighted by Gasteiger charge is -2.23. The van der Waals surface area contributed by atoms with Crippen molar-refractivity contribution >= 4 is 23.5 Å². The Morgan fingerprint density at radius 3 is 2.63 bits per heavy atom. The lowest BCUT2D eigenvalue weighted by molar-refractivity contribution is -0.114. The molecule has 2 aromatic carbocycles. The molecule has 0 saturated heterocycles. The number of hydrogen-bond donors (Lipinski definition) is 2. The number of carbonyl (C=O) groups is 1. The number of nitrogens with one attached hydrogen (secondary N) is 1. The minimum absolute atomic E-state index is 0.0532. The zero-order valence-corrected chi connectivity index (χ0v) is 19.2. The number of H-pyrrole nitrogens is 1.